The Labute approximate surface area is 141 Å². The van der Waals surface area contributed by atoms with Crippen molar-refractivity contribution in [1.29, 1.82) is 0 Å². The first kappa shape index (κ1) is 15.2. The van der Waals surface area contributed by atoms with Gasteiger partial charge in [0, 0.05) is 5.69 Å². The lowest BCUT2D eigenvalue weighted by molar-refractivity contribution is -0.117. The molecule has 1 aromatic heterocycles. The Morgan fingerprint density at radius 1 is 1.25 bits per heavy atom. The third kappa shape index (κ3) is 2.30. The largest absolute Gasteiger partial charge is 0.491 e. The number of ether oxygens (including phenoxy) is 1. The summed E-state index contributed by atoms with van der Waals surface area (Å²) in [4.78, 5) is 22.3. The number of hydrogen-bond acceptors (Lipinski definition) is 3. The molecule has 0 radical (unpaired) electrons. The molecule has 5 heteroatoms. The van der Waals surface area contributed by atoms with Crippen LogP contribution in [0.5, 0.6) is 0 Å². The van der Waals surface area contributed by atoms with E-state index in [0.29, 0.717) is 11.7 Å². The van der Waals surface area contributed by atoms with Crippen molar-refractivity contribution in [2.24, 2.45) is 5.92 Å². The molecule has 2 aromatic rings. The number of aromatic nitrogens is 2. The van der Waals surface area contributed by atoms with Crippen LogP contribution in [-0.4, -0.2) is 29.0 Å². The van der Waals surface area contributed by atoms with Crippen LogP contribution in [0.2, 0.25) is 0 Å². The summed E-state index contributed by atoms with van der Waals surface area (Å²) in [7, 11) is 1.59. The molecular formula is C19H23N3O2. The molecule has 1 atom stereocenters. The van der Waals surface area contributed by atoms with E-state index in [4.69, 9.17) is 4.74 Å². The van der Waals surface area contributed by atoms with Crippen molar-refractivity contribution in [2.45, 2.75) is 45.1 Å². The molecular weight excluding hydrogens is 302 g/mol. The molecule has 0 saturated heterocycles. The van der Waals surface area contributed by atoms with Crippen molar-refractivity contribution >= 4 is 22.6 Å². The smallest absolute Gasteiger partial charge is 0.293 e. The van der Waals surface area contributed by atoms with Gasteiger partial charge < -0.3 is 9.72 Å². The molecule has 1 N–H and O–H groups in total. The number of imidazole rings is 1. The van der Waals surface area contributed by atoms with Crippen molar-refractivity contribution < 1.29 is 9.53 Å². The molecule has 0 spiro atoms. The molecule has 1 fully saturated rings. The number of fused-ring (bicyclic) bond motifs is 1. The average molecular weight is 325 g/mol. The predicted molar refractivity (Wildman–Crippen MR) is 93.7 cm³/mol. The molecule has 1 aromatic carbocycles. The van der Waals surface area contributed by atoms with Crippen LogP contribution in [0, 0.1) is 5.92 Å². The highest BCUT2D eigenvalue weighted by molar-refractivity contribution is 6.09. The minimum atomic E-state index is -0.0237. The lowest BCUT2D eigenvalue weighted by Gasteiger charge is -2.35. The minimum Gasteiger partial charge on any atom is -0.491 e. The van der Waals surface area contributed by atoms with E-state index in [2.05, 4.69) is 9.97 Å². The Kier molecular flexibility index (Phi) is 3.79. The SMILES string of the molecule is COC1=C(C)C(C2CCCCC2)N(c2ccc3nc[nH]c3c2)C1=O. The van der Waals surface area contributed by atoms with E-state index in [1.54, 1.807) is 13.4 Å². The number of anilines is 1. The fraction of sp³-hybridized carbons (Fsp3) is 0.474. The maximum atomic E-state index is 13.0. The fourth-order valence-electron chi connectivity index (χ4n) is 4.35. The van der Waals surface area contributed by atoms with Gasteiger partial charge in [-0.05, 0) is 49.5 Å². The number of H-pyrrole nitrogens is 1. The first-order valence-corrected chi connectivity index (χ1v) is 8.72. The fourth-order valence-corrected chi connectivity index (χ4v) is 4.35. The predicted octanol–water partition coefficient (Wildman–Crippen LogP) is 3.78. The average Bonchev–Trinajstić information content (AvgIpc) is 3.17. The van der Waals surface area contributed by atoms with E-state index in [-0.39, 0.29) is 11.9 Å². The molecule has 2 heterocycles. The van der Waals surface area contributed by atoms with Crippen LogP contribution in [0.15, 0.2) is 35.9 Å². The van der Waals surface area contributed by atoms with Crippen LogP contribution < -0.4 is 4.90 Å². The van der Waals surface area contributed by atoms with E-state index < -0.39 is 0 Å². The molecule has 1 saturated carbocycles. The Bertz CT molecular complexity index is 802. The van der Waals surface area contributed by atoms with Gasteiger partial charge in [0.1, 0.15) is 0 Å². The molecule has 5 nitrogen and oxygen atoms in total. The Morgan fingerprint density at radius 2 is 2.04 bits per heavy atom. The summed E-state index contributed by atoms with van der Waals surface area (Å²) < 4.78 is 5.45. The monoisotopic (exact) mass is 325 g/mol. The van der Waals surface area contributed by atoms with Crippen molar-refractivity contribution in [3.63, 3.8) is 0 Å². The second kappa shape index (κ2) is 5.96. The van der Waals surface area contributed by atoms with Gasteiger partial charge in [-0.15, -0.1) is 0 Å². The third-order valence-electron chi connectivity index (χ3n) is 5.48. The Balaban J connectivity index is 1.77. The van der Waals surface area contributed by atoms with E-state index in [1.807, 2.05) is 30.0 Å². The zero-order valence-electron chi connectivity index (χ0n) is 14.2. The Hall–Kier alpha value is -2.30. The van der Waals surface area contributed by atoms with Crippen LogP contribution in [0.1, 0.15) is 39.0 Å². The molecule has 1 amide bonds. The zero-order valence-corrected chi connectivity index (χ0v) is 14.2. The van der Waals surface area contributed by atoms with E-state index in [0.717, 1.165) is 22.3 Å². The lowest BCUT2D eigenvalue weighted by Crippen LogP contribution is -2.41. The van der Waals surface area contributed by atoms with Crippen molar-refractivity contribution in [1.82, 2.24) is 9.97 Å². The van der Waals surface area contributed by atoms with E-state index >= 15 is 0 Å². The van der Waals surface area contributed by atoms with E-state index in [9.17, 15) is 4.79 Å². The molecule has 24 heavy (non-hydrogen) atoms. The summed E-state index contributed by atoms with van der Waals surface area (Å²) in [6.07, 6.45) is 7.83. The van der Waals surface area contributed by atoms with Crippen molar-refractivity contribution in [3.8, 4) is 0 Å². The van der Waals surface area contributed by atoms with Crippen molar-refractivity contribution in [2.75, 3.05) is 12.0 Å². The van der Waals surface area contributed by atoms with Crippen LogP contribution in [0.4, 0.5) is 5.69 Å². The molecule has 2 aliphatic rings. The summed E-state index contributed by atoms with van der Waals surface area (Å²) in [5.74, 6) is 0.993. The van der Waals surface area contributed by atoms with Gasteiger partial charge in [0.05, 0.1) is 30.5 Å². The lowest BCUT2D eigenvalue weighted by atomic mass is 9.81. The second-order valence-electron chi connectivity index (χ2n) is 6.84. The van der Waals surface area contributed by atoms with Gasteiger partial charge in [-0.25, -0.2) is 4.98 Å². The summed E-state index contributed by atoms with van der Waals surface area (Å²) in [6, 6.07) is 6.07. The summed E-state index contributed by atoms with van der Waals surface area (Å²) in [5.41, 5.74) is 3.85. The molecule has 0 bridgehead atoms. The van der Waals surface area contributed by atoms with Crippen LogP contribution in [0.3, 0.4) is 0 Å². The zero-order chi connectivity index (χ0) is 16.7. The van der Waals surface area contributed by atoms with Gasteiger partial charge >= 0.3 is 0 Å². The maximum Gasteiger partial charge on any atom is 0.293 e. The normalized spacial score (nSPS) is 22.7. The van der Waals surface area contributed by atoms with Gasteiger partial charge in [-0.2, -0.15) is 0 Å². The topological polar surface area (TPSA) is 58.2 Å². The number of rotatable bonds is 3. The number of benzene rings is 1. The second-order valence-corrected chi connectivity index (χ2v) is 6.84. The molecule has 1 aliphatic heterocycles. The first-order valence-electron chi connectivity index (χ1n) is 8.72. The summed E-state index contributed by atoms with van der Waals surface area (Å²) in [5, 5.41) is 0. The number of carbonyl (C=O) groups excluding carboxylic acids is 1. The van der Waals surface area contributed by atoms with Gasteiger partial charge in [0.25, 0.3) is 5.91 Å². The van der Waals surface area contributed by atoms with Gasteiger partial charge in [0.2, 0.25) is 0 Å². The maximum absolute atomic E-state index is 13.0. The van der Waals surface area contributed by atoms with Crippen LogP contribution in [-0.2, 0) is 9.53 Å². The van der Waals surface area contributed by atoms with Gasteiger partial charge in [0.15, 0.2) is 5.76 Å². The summed E-state index contributed by atoms with van der Waals surface area (Å²) >= 11 is 0. The van der Waals surface area contributed by atoms with Gasteiger partial charge in [-0.1, -0.05) is 19.3 Å². The number of nitrogens with one attached hydrogen (secondary N) is 1. The quantitative estimate of drug-likeness (QED) is 0.934. The Morgan fingerprint density at radius 3 is 2.79 bits per heavy atom. The van der Waals surface area contributed by atoms with Crippen LogP contribution in [0.25, 0.3) is 11.0 Å². The molecule has 126 valence electrons. The first-order chi connectivity index (χ1) is 11.7. The molecule has 1 unspecified atom stereocenters. The number of aromatic amines is 1. The third-order valence-corrected chi connectivity index (χ3v) is 5.48. The number of amides is 1. The minimum absolute atomic E-state index is 0.0237. The number of carbonyl (C=O) groups is 1. The number of hydrogen-bond donors (Lipinski definition) is 1. The van der Waals surface area contributed by atoms with Crippen molar-refractivity contribution in [3.05, 3.63) is 35.9 Å². The highest BCUT2D eigenvalue weighted by Crippen LogP contribution is 2.40. The molecule has 4 rings (SSSR count). The highest BCUT2D eigenvalue weighted by atomic mass is 16.5. The number of methoxy groups -OCH3 is 1. The standard InChI is InChI=1S/C19H23N3O2/c1-12-17(13-6-4-3-5-7-13)22(19(23)18(12)24-2)14-8-9-15-16(10-14)21-11-20-15/h8-11,13,17H,3-7H2,1-2H3,(H,20,21). The number of nitrogens with zero attached hydrogens (tertiary/aromatic N) is 2. The summed E-state index contributed by atoms with van der Waals surface area (Å²) in [6.45, 7) is 2.05. The highest BCUT2D eigenvalue weighted by Gasteiger charge is 2.43. The van der Waals surface area contributed by atoms with Crippen LogP contribution >= 0.6 is 0 Å². The van der Waals surface area contributed by atoms with E-state index in [1.165, 1.54) is 32.1 Å². The van der Waals surface area contributed by atoms with Gasteiger partial charge in [-0.3, -0.25) is 9.69 Å². The molecule has 1 aliphatic carbocycles.